The average molecular weight is 247 g/mol. The molecule has 2 aromatic heterocycles. The van der Waals surface area contributed by atoms with Gasteiger partial charge in [-0.25, -0.2) is 4.98 Å². The highest BCUT2D eigenvalue weighted by atomic mass is 16.1. The van der Waals surface area contributed by atoms with Crippen molar-refractivity contribution in [2.45, 2.75) is 33.2 Å². The summed E-state index contributed by atoms with van der Waals surface area (Å²) in [6.07, 6.45) is 2.44. The van der Waals surface area contributed by atoms with Gasteiger partial charge in [0.25, 0.3) is 11.3 Å². The fourth-order valence-corrected chi connectivity index (χ4v) is 2.51. The Morgan fingerprint density at radius 3 is 2.67 bits per heavy atom. The first-order valence-electron chi connectivity index (χ1n) is 6.32. The zero-order valence-electron chi connectivity index (χ0n) is 10.7. The van der Waals surface area contributed by atoms with Crippen LogP contribution in [0.1, 0.15) is 29.9 Å². The Kier molecular flexibility index (Phi) is 2.66. The van der Waals surface area contributed by atoms with Gasteiger partial charge >= 0.3 is 0 Å². The number of aromatic nitrogens is 4. The number of aryl methyl sites for hydroxylation is 2. The predicted molar refractivity (Wildman–Crippen MR) is 67.6 cm³/mol. The third-order valence-corrected chi connectivity index (χ3v) is 3.49. The van der Waals surface area contributed by atoms with E-state index in [1.807, 2.05) is 13.8 Å². The number of H-pyrrole nitrogens is 1. The van der Waals surface area contributed by atoms with E-state index >= 15 is 0 Å². The van der Waals surface area contributed by atoms with Crippen LogP contribution < -0.4 is 5.56 Å². The molecule has 0 saturated carbocycles. The van der Waals surface area contributed by atoms with Gasteiger partial charge in [-0.1, -0.05) is 0 Å². The van der Waals surface area contributed by atoms with Crippen molar-refractivity contribution in [3.63, 3.8) is 0 Å². The van der Waals surface area contributed by atoms with E-state index in [4.69, 9.17) is 0 Å². The molecule has 18 heavy (non-hydrogen) atoms. The zero-order chi connectivity index (χ0) is 12.7. The van der Waals surface area contributed by atoms with Crippen LogP contribution in [0.3, 0.4) is 0 Å². The highest BCUT2D eigenvalue weighted by molar-refractivity contribution is 5.31. The number of fused-ring (bicyclic) bond motifs is 1. The number of nitrogens with one attached hydrogen (secondary N) is 1. The van der Waals surface area contributed by atoms with Gasteiger partial charge in [-0.05, 0) is 39.8 Å². The summed E-state index contributed by atoms with van der Waals surface area (Å²) in [5, 5.41) is 2.93. The Labute approximate surface area is 105 Å². The highest BCUT2D eigenvalue weighted by Gasteiger charge is 2.17. The van der Waals surface area contributed by atoms with Crippen molar-refractivity contribution in [2.24, 2.45) is 0 Å². The van der Waals surface area contributed by atoms with Crippen molar-refractivity contribution in [3.8, 4) is 0 Å². The summed E-state index contributed by atoms with van der Waals surface area (Å²) in [7, 11) is 0. The second kappa shape index (κ2) is 4.20. The van der Waals surface area contributed by atoms with Crippen LogP contribution in [0.2, 0.25) is 0 Å². The molecule has 1 aliphatic heterocycles. The molecular weight excluding hydrogens is 230 g/mol. The van der Waals surface area contributed by atoms with Gasteiger partial charge in [0.2, 0.25) is 0 Å². The van der Waals surface area contributed by atoms with Crippen molar-refractivity contribution in [2.75, 3.05) is 13.1 Å². The number of nitrogens with zero attached hydrogens (tertiary/aromatic N) is 4. The highest BCUT2D eigenvalue weighted by Crippen LogP contribution is 2.12. The third-order valence-electron chi connectivity index (χ3n) is 3.49. The maximum atomic E-state index is 12.4. The van der Waals surface area contributed by atoms with Gasteiger partial charge in [0.05, 0.1) is 11.3 Å². The minimum absolute atomic E-state index is 0.0231. The molecule has 3 heterocycles. The van der Waals surface area contributed by atoms with E-state index in [2.05, 4.69) is 20.0 Å². The summed E-state index contributed by atoms with van der Waals surface area (Å²) in [5.41, 5.74) is 1.54. The Morgan fingerprint density at radius 2 is 1.94 bits per heavy atom. The first kappa shape index (κ1) is 11.4. The lowest BCUT2D eigenvalue weighted by Gasteiger charge is -2.14. The van der Waals surface area contributed by atoms with E-state index < -0.39 is 0 Å². The second-order valence-electron chi connectivity index (χ2n) is 4.91. The van der Waals surface area contributed by atoms with Gasteiger partial charge in [0.1, 0.15) is 5.82 Å². The molecule has 1 fully saturated rings. The summed E-state index contributed by atoms with van der Waals surface area (Å²) in [5.74, 6) is 1.16. The van der Waals surface area contributed by atoms with Crippen LogP contribution in [0.15, 0.2) is 4.79 Å². The summed E-state index contributed by atoms with van der Waals surface area (Å²) >= 11 is 0. The standard InChI is InChI=1S/C12H17N5O/c1-8-10(7-16-5-3-4-6-16)11(18)17-12(13-8)14-9(2)15-17/h3-7H2,1-2H3,(H,13,14,15). The molecule has 96 valence electrons. The normalized spacial score (nSPS) is 16.8. The van der Waals surface area contributed by atoms with Crippen LogP contribution in [0.25, 0.3) is 5.78 Å². The molecule has 0 unspecified atom stereocenters. The van der Waals surface area contributed by atoms with Gasteiger partial charge in [-0.15, -0.1) is 0 Å². The number of hydrogen-bond acceptors (Lipinski definition) is 4. The van der Waals surface area contributed by atoms with E-state index in [0.29, 0.717) is 18.1 Å². The molecule has 0 atom stereocenters. The quantitative estimate of drug-likeness (QED) is 0.845. The fraction of sp³-hybridized carbons (Fsp3) is 0.583. The molecule has 0 radical (unpaired) electrons. The molecule has 6 nitrogen and oxygen atoms in total. The molecule has 0 aromatic carbocycles. The van der Waals surface area contributed by atoms with Gasteiger partial charge in [0.15, 0.2) is 0 Å². The number of likely N-dealkylation sites (tertiary alicyclic amines) is 1. The third kappa shape index (κ3) is 1.82. The maximum absolute atomic E-state index is 12.4. The first-order chi connectivity index (χ1) is 8.65. The van der Waals surface area contributed by atoms with Crippen LogP contribution >= 0.6 is 0 Å². The van der Waals surface area contributed by atoms with Crippen LogP contribution in [0.4, 0.5) is 0 Å². The summed E-state index contributed by atoms with van der Waals surface area (Å²) < 4.78 is 1.44. The fourth-order valence-electron chi connectivity index (χ4n) is 2.51. The van der Waals surface area contributed by atoms with Crippen molar-refractivity contribution in [1.82, 2.24) is 24.5 Å². The molecule has 1 N–H and O–H groups in total. The Morgan fingerprint density at radius 1 is 1.22 bits per heavy atom. The minimum Gasteiger partial charge on any atom is -0.299 e. The van der Waals surface area contributed by atoms with Gasteiger partial charge in [0, 0.05) is 6.54 Å². The lowest BCUT2D eigenvalue weighted by Crippen LogP contribution is -2.28. The van der Waals surface area contributed by atoms with Gasteiger partial charge in [-0.3, -0.25) is 14.8 Å². The minimum atomic E-state index is -0.0231. The van der Waals surface area contributed by atoms with Crippen LogP contribution in [-0.2, 0) is 6.54 Å². The lowest BCUT2D eigenvalue weighted by molar-refractivity contribution is 0.328. The molecule has 0 bridgehead atoms. The topological polar surface area (TPSA) is 66.3 Å². The molecule has 0 spiro atoms. The summed E-state index contributed by atoms with van der Waals surface area (Å²) in [6.45, 7) is 6.55. The van der Waals surface area contributed by atoms with E-state index in [0.717, 1.165) is 24.3 Å². The average Bonchev–Trinajstić information content (AvgIpc) is 2.93. The Balaban J connectivity index is 2.07. The summed E-state index contributed by atoms with van der Waals surface area (Å²) in [4.78, 5) is 23.3. The second-order valence-corrected chi connectivity index (χ2v) is 4.91. The Bertz CT molecular complexity index is 636. The monoisotopic (exact) mass is 247 g/mol. The molecule has 0 aliphatic carbocycles. The predicted octanol–water partition coefficient (Wildman–Crippen LogP) is 0.630. The van der Waals surface area contributed by atoms with Crippen LogP contribution in [0, 0.1) is 13.8 Å². The molecule has 6 heteroatoms. The first-order valence-corrected chi connectivity index (χ1v) is 6.32. The van der Waals surface area contributed by atoms with E-state index in [1.165, 1.54) is 17.4 Å². The molecule has 1 saturated heterocycles. The number of hydrogen-bond donors (Lipinski definition) is 1. The molecule has 2 aromatic rings. The van der Waals surface area contributed by atoms with Crippen molar-refractivity contribution in [1.29, 1.82) is 0 Å². The number of aromatic amines is 1. The van der Waals surface area contributed by atoms with E-state index in [9.17, 15) is 4.79 Å². The van der Waals surface area contributed by atoms with Crippen molar-refractivity contribution >= 4 is 5.78 Å². The van der Waals surface area contributed by atoms with Crippen LogP contribution in [-0.4, -0.2) is 37.6 Å². The molecule has 0 amide bonds. The van der Waals surface area contributed by atoms with Gasteiger partial charge in [-0.2, -0.15) is 9.50 Å². The zero-order valence-corrected chi connectivity index (χ0v) is 10.7. The SMILES string of the molecule is Cc1nc2nc(C)c(CN3CCCC3)c(=O)n2[nH]1. The molecular formula is C12H17N5O. The van der Waals surface area contributed by atoms with Crippen molar-refractivity contribution in [3.05, 3.63) is 27.4 Å². The van der Waals surface area contributed by atoms with E-state index in [-0.39, 0.29) is 5.56 Å². The van der Waals surface area contributed by atoms with Crippen LogP contribution in [0.5, 0.6) is 0 Å². The van der Waals surface area contributed by atoms with E-state index in [1.54, 1.807) is 0 Å². The van der Waals surface area contributed by atoms with Crippen molar-refractivity contribution < 1.29 is 0 Å². The largest absolute Gasteiger partial charge is 0.299 e. The van der Waals surface area contributed by atoms with Gasteiger partial charge < -0.3 is 0 Å². The molecule has 1 aliphatic rings. The molecule has 3 rings (SSSR count). The summed E-state index contributed by atoms with van der Waals surface area (Å²) in [6, 6.07) is 0. The number of rotatable bonds is 2. The Hall–Kier alpha value is -1.69. The lowest BCUT2D eigenvalue weighted by atomic mass is 10.2. The smallest absolute Gasteiger partial charge is 0.278 e. The maximum Gasteiger partial charge on any atom is 0.278 e.